The first-order valence-electron chi connectivity index (χ1n) is 22.9. The van der Waals surface area contributed by atoms with Crippen molar-refractivity contribution in [2.75, 3.05) is 53.5 Å². The van der Waals surface area contributed by atoms with Crippen LogP contribution in [0.2, 0.25) is 0 Å². The Hall–Kier alpha value is -6.60. The van der Waals surface area contributed by atoms with Crippen molar-refractivity contribution in [2.24, 2.45) is 0 Å². The fourth-order valence-electron chi connectivity index (χ4n) is 8.65. The third-order valence-corrected chi connectivity index (χ3v) is 12.4. The lowest BCUT2D eigenvalue weighted by Gasteiger charge is -2.45. The van der Waals surface area contributed by atoms with E-state index in [2.05, 4.69) is 47.9 Å². The zero-order valence-corrected chi connectivity index (χ0v) is 40.6. The van der Waals surface area contributed by atoms with Gasteiger partial charge in [0, 0.05) is 64.2 Å². The van der Waals surface area contributed by atoms with Gasteiger partial charge >= 0.3 is 23.9 Å². The Kier molecular flexibility index (Phi) is 21.6. The average Bonchev–Trinajstić information content (AvgIpc) is 3.36. The molecule has 0 aromatic heterocycles. The number of piperidine rings is 2. The van der Waals surface area contributed by atoms with Crippen LogP contribution < -0.4 is 0 Å². The number of benzene rings is 4. The summed E-state index contributed by atoms with van der Waals surface area (Å²) in [5, 5.41) is 17.0. The Balaban J connectivity index is 0.000000273. The number of nitrogens with zero attached hydrogens (tertiary/aromatic N) is 4. The summed E-state index contributed by atoms with van der Waals surface area (Å²) in [7, 11) is 2.62. The summed E-state index contributed by atoms with van der Waals surface area (Å²) in [5.41, 5.74) is 0.670. The van der Waals surface area contributed by atoms with E-state index in [4.69, 9.17) is 39.0 Å². The predicted molar refractivity (Wildman–Crippen MR) is 253 cm³/mol. The van der Waals surface area contributed by atoms with Gasteiger partial charge in [0.15, 0.2) is 11.1 Å². The van der Waals surface area contributed by atoms with Crippen LogP contribution >= 0.6 is 0 Å². The predicted octanol–water partition coefficient (Wildman–Crippen LogP) is 6.99. The number of esters is 2. The van der Waals surface area contributed by atoms with E-state index in [1.807, 2.05) is 36.4 Å². The number of methoxy groups -OCH3 is 2. The largest absolute Gasteiger partial charge is 0.473 e. The Morgan fingerprint density at radius 1 is 0.543 bits per heavy atom. The van der Waals surface area contributed by atoms with Crippen LogP contribution in [0.5, 0.6) is 0 Å². The van der Waals surface area contributed by atoms with Crippen molar-refractivity contribution >= 4 is 35.7 Å². The monoisotopic (exact) mass is 974 g/mol. The van der Waals surface area contributed by atoms with Crippen molar-refractivity contribution in [1.29, 1.82) is 0 Å². The molecule has 16 nitrogen and oxygen atoms in total. The van der Waals surface area contributed by atoms with E-state index in [-0.39, 0.29) is 13.2 Å². The van der Waals surface area contributed by atoms with Crippen molar-refractivity contribution in [1.82, 2.24) is 19.9 Å². The molecule has 2 fully saturated rings. The number of aliphatic carboxylic acids is 2. The third-order valence-electron chi connectivity index (χ3n) is 12.4. The average molecular weight is 975 g/mol. The number of hydroxylamine groups is 4. The Bertz CT molecular complexity index is 2180. The summed E-state index contributed by atoms with van der Waals surface area (Å²) in [6.45, 7) is 10.9. The second-order valence-corrected chi connectivity index (χ2v) is 17.2. The molecule has 378 valence electrons. The minimum Gasteiger partial charge on any atom is -0.473 e. The van der Waals surface area contributed by atoms with Crippen LogP contribution in [0.25, 0.3) is 0 Å². The molecular weight excluding hydrogens is 911 g/mol. The normalized spacial score (nSPS) is 16.1. The van der Waals surface area contributed by atoms with E-state index < -0.39 is 58.4 Å². The molecular formula is C52H64F2N4O12. The van der Waals surface area contributed by atoms with Gasteiger partial charge in [-0.2, -0.15) is 0 Å². The summed E-state index contributed by atoms with van der Waals surface area (Å²) < 4.78 is 38.2. The summed E-state index contributed by atoms with van der Waals surface area (Å²) >= 11 is 0. The lowest BCUT2D eigenvalue weighted by molar-refractivity contribution is -0.240. The van der Waals surface area contributed by atoms with Gasteiger partial charge in [0.25, 0.3) is 0 Å². The van der Waals surface area contributed by atoms with Gasteiger partial charge in [-0.1, -0.05) is 111 Å². The van der Waals surface area contributed by atoms with Crippen molar-refractivity contribution in [3.63, 3.8) is 0 Å². The molecule has 2 N–H and O–H groups in total. The maximum absolute atomic E-state index is 14.0. The van der Waals surface area contributed by atoms with Crippen LogP contribution in [0.4, 0.5) is 8.78 Å². The summed E-state index contributed by atoms with van der Waals surface area (Å²) in [6, 6.07) is 33.0. The lowest BCUT2D eigenvalue weighted by Crippen LogP contribution is -2.61. The molecule has 2 saturated heterocycles. The number of hydrogen-bond acceptors (Lipinski definition) is 12. The number of carboxylic acid groups (broad SMARTS) is 2. The van der Waals surface area contributed by atoms with Crippen molar-refractivity contribution in [2.45, 2.75) is 89.5 Å². The molecule has 6 rings (SSSR count). The number of carbonyl (C=O) groups excluding carboxylic acids is 4. The molecule has 2 atom stereocenters. The molecule has 0 aliphatic carbocycles. The molecule has 70 heavy (non-hydrogen) atoms. The van der Waals surface area contributed by atoms with Crippen LogP contribution in [0.1, 0.15) is 87.5 Å². The van der Waals surface area contributed by atoms with E-state index >= 15 is 0 Å². The maximum atomic E-state index is 14.0. The maximum Gasteiger partial charge on any atom is 0.414 e. The van der Waals surface area contributed by atoms with Gasteiger partial charge in [-0.05, 0) is 60.8 Å². The number of halogens is 2. The second-order valence-electron chi connectivity index (χ2n) is 17.2. The fourth-order valence-corrected chi connectivity index (χ4v) is 8.65. The Labute approximate surface area is 407 Å². The minimum atomic E-state index is -1.82. The van der Waals surface area contributed by atoms with Crippen LogP contribution in [-0.4, -0.2) is 130 Å². The van der Waals surface area contributed by atoms with Crippen LogP contribution in [-0.2, 0) is 61.1 Å². The molecule has 2 heterocycles. The number of amides is 2. The topological polar surface area (TPSA) is 193 Å². The number of rotatable bonds is 16. The minimum absolute atomic E-state index is 0.153. The molecule has 2 unspecified atom stereocenters. The van der Waals surface area contributed by atoms with Gasteiger partial charge in [0.1, 0.15) is 24.8 Å². The van der Waals surface area contributed by atoms with Gasteiger partial charge < -0.3 is 29.5 Å². The van der Waals surface area contributed by atoms with E-state index in [1.54, 1.807) is 36.4 Å². The van der Waals surface area contributed by atoms with Crippen LogP contribution in [0.3, 0.4) is 0 Å². The molecule has 2 amide bonds. The molecule has 2 aliphatic rings. The molecule has 0 saturated carbocycles. The van der Waals surface area contributed by atoms with E-state index in [0.29, 0.717) is 74.8 Å². The van der Waals surface area contributed by atoms with Crippen molar-refractivity contribution in [3.05, 3.63) is 143 Å². The zero-order chi connectivity index (χ0) is 51.4. The van der Waals surface area contributed by atoms with Gasteiger partial charge in [0.05, 0.1) is 14.2 Å². The van der Waals surface area contributed by atoms with Crippen LogP contribution in [0.15, 0.2) is 109 Å². The molecule has 18 heteroatoms. The van der Waals surface area contributed by atoms with Crippen LogP contribution in [0, 0.1) is 11.6 Å². The molecule has 4 aromatic rings. The highest BCUT2D eigenvalue weighted by Crippen LogP contribution is 2.35. The molecule has 0 radical (unpaired) electrons. The van der Waals surface area contributed by atoms with Gasteiger partial charge in [0.2, 0.25) is 11.8 Å². The first kappa shape index (κ1) is 56.0. The fraction of sp³-hybridized carbons (Fsp3) is 0.423. The summed E-state index contributed by atoms with van der Waals surface area (Å²) in [4.78, 5) is 85.0. The van der Waals surface area contributed by atoms with E-state index in [0.717, 1.165) is 23.2 Å². The van der Waals surface area contributed by atoms with Gasteiger partial charge in [-0.3, -0.25) is 19.3 Å². The zero-order valence-electron chi connectivity index (χ0n) is 40.6. The Morgan fingerprint density at radius 3 is 1.11 bits per heavy atom. The summed E-state index contributed by atoms with van der Waals surface area (Å²) in [6.07, 6.45) is 1.49. The molecule has 0 spiro atoms. The number of carboxylic acids is 2. The van der Waals surface area contributed by atoms with Gasteiger partial charge in [-0.15, -0.1) is 0 Å². The SMILES string of the molecule is COC(=O)C1(N(OCc2ccccc2F)C(C)=O)CCN(CC(C)c2ccccc2)CC1.COC(=O)C1(N(OCc2ccccc2F)C(C)=O)CCN(CC(C)c2ccccc2)CC1.O=C(O)C(=O)O. The highest BCUT2D eigenvalue weighted by molar-refractivity contribution is 6.27. The number of carbonyl (C=O) groups is 6. The second kappa shape index (κ2) is 27.0. The van der Waals surface area contributed by atoms with Gasteiger partial charge in [-0.25, -0.2) is 38.1 Å². The quantitative estimate of drug-likeness (QED) is 0.0663. The smallest absolute Gasteiger partial charge is 0.414 e. The molecule has 4 aromatic carbocycles. The van der Waals surface area contributed by atoms with Crippen molar-refractivity contribution in [3.8, 4) is 0 Å². The Morgan fingerprint density at radius 2 is 0.843 bits per heavy atom. The number of ether oxygens (including phenoxy) is 2. The summed E-state index contributed by atoms with van der Waals surface area (Å²) in [5.74, 6) is -5.69. The third kappa shape index (κ3) is 15.2. The first-order valence-corrected chi connectivity index (χ1v) is 22.9. The van der Waals surface area contributed by atoms with E-state index in [9.17, 15) is 28.0 Å². The highest BCUT2D eigenvalue weighted by Gasteiger charge is 2.51. The first-order chi connectivity index (χ1) is 33.4. The van der Waals surface area contributed by atoms with E-state index in [1.165, 1.54) is 51.3 Å². The molecule has 2 aliphatic heterocycles. The highest BCUT2D eigenvalue weighted by atomic mass is 19.1. The molecule has 0 bridgehead atoms. The number of likely N-dealkylation sites (tertiary alicyclic amines) is 2. The van der Waals surface area contributed by atoms with Crippen molar-refractivity contribution < 1.29 is 66.9 Å². The lowest BCUT2D eigenvalue weighted by atomic mass is 9.86. The standard InChI is InChI=1S/2C25H31FN2O4.C2H2O4/c2*1-19(21-9-5-4-6-10-21)17-27-15-13-25(14-16-27,24(30)31-3)28(20(2)29)32-18-22-11-7-8-12-23(22)26;3-1(4)2(5)6/h2*4-12,19H,13-18H2,1-3H3;(H,3,4)(H,5,6). The number of hydrogen-bond donors (Lipinski definition) is 2.